The van der Waals surface area contributed by atoms with Gasteiger partial charge in [0.25, 0.3) is 0 Å². The molecule has 0 fully saturated rings. The van der Waals surface area contributed by atoms with E-state index in [0.29, 0.717) is 17.2 Å². The van der Waals surface area contributed by atoms with Crippen LogP contribution in [0.15, 0.2) is 44.8 Å². The minimum atomic E-state index is -0.166. The molecular formula is C20H23BrN2O3S. The van der Waals surface area contributed by atoms with Crippen LogP contribution in [0.4, 0.5) is 0 Å². The lowest BCUT2D eigenvalue weighted by Gasteiger charge is -2.11. The van der Waals surface area contributed by atoms with Crippen molar-refractivity contribution in [2.24, 2.45) is 5.10 Å². The van der Waals surface area contributed by atoms with Crippen LogP contribution in [-0.4, -0.2) is 31.6 Å². The number of ether oxygens (including phenoxy) is 2. The third-order valence-corrected chi connectivity index (χ3v) is 5.97. The van der Waals surface area contributed by atoms with Crippen molar-refractivity contribution in [1.82, 2.24) is 5.43 Å². The molecule has 0 saturated carbocycles. The second-order valence-corrected chi connectivity index (χ2v) is 7.83. The van der Waals surface area contributed by atoms with Gasteiger partial charge < -0.3 is 9.47 Å². The fourth-order valence-corrected chi connectivity index (χ4v) is 3.74. The molecule has 0 aliphatic heterocycles. The Bertz CT molecular complexity index is 869. The number of rotatable bonds is 7. The summed E-state index contributed by atoms with van der Waals surface area (Å²) in [7, 11) is 3.19. The van der Waals surface area contributed by atoms with E-state index in [1.807, 2.05) is 39.0 Å². The van der Waals surface area contributed by atoms with Crippen LogP contribution in [0.1, 0.15) is 23.6 Å². The first-order valence-corrected chi connectivity index (χ1v) is 10.1. The van der Waals surface area contributed by atoms with E-state index in [9.17, 15) is 4.79 Å². The lowest BCUT2D eigenvalue weighted by Crippen LogP contribution is -2.21. The Hall–Kier alpha value is -1.99. The van der Waals surface area contributed by atoms with Gasteiger partial charge in [0.05, 0.1) is 25.7 Å². The number of carbonyl (C=O) groups excluding carboxylic acids is 1. The van der Waals surface area contributed by atoms with E-state index in [1.165, 1.54) is 11.8 Å². The number of hydrogen-bond donors (Lipinski definition) is 1. The van der Waals surface area contributed by atoms with Gasteiger partial charge in [0.1, 0.15) is 11.5 Å². The Labute approximate surface area is 172 Å². The molecule has 144 valence electrons. The van der Waals surface area contributed by atoms with Crippen molar-refractivity contribution in [2.45, 2.75) is 25.7 Å². The molecule has 0 spiro atoms. The van der Waals surface area contributed by atoms with E-state index in [4.69, 9.17) is 9.47 Å². The van der Waals surface area contributed by atoms with Crippen molar-refractivity contribution in [3.05, 3.63) is 51.5 Å². The summed E-state index contributed by atoms with van der Waals surface area (Å²) in [5.74, 6) is 1.49. The zero-order valence-electron chi connectivity index (χ0n) is 16.1. The van der Waals surface area contributed by atoms with Crippen LogP contribution in [0.2, 0.25) is 0 Å². The zero-order valence-corrected chi connectivity index (χ0v) is 18.5. The predicted molar refractivity (Wildman–Crippen MR) is 114 cm³/mol. The predicted octanol–water partition coefficient (Wildman–Crippen LogP) is 4.72. The summed E-state index contributed by atoms with van der Waals surface area (Å²) >= 11 is 5.01. The molecule has 1 amide bonds. The first kappa shape index (κ1) is 21.3. The number of amides is 1. The number of nitrogens with one attached hydrogen (secondary N) is 1. The van der Waals surface area contributed by atoms with Gasteiger partial charge in [-0.2, -0.15) is 5.10 Å². The topological polar surface area (TPSA) is 59.9 Å². The van der Waals surface area contributed by atoms with Gasteiger partial charge >= 0.3 is 0 Å². The molecule has 2 rings (SSSR count). The number of benzene rings is 2. The number of hydrazone groups is 1. The number of hydrogen-bond acceptors (Lipinski definition) is 5. The normalized spacial score (nSPS) is 11.3. The Morgan fingerprint density at radius 3 is 2.56 bits per heavy atom. The fraction of sp³-hybridized carbons (Fsp3) is 0.300. The largest absolute Gasteiger partial charge is 0.497 e. The highest BCUT2D eigenvalue weighted by Gasteiger charge is 2.10. The van der Waals surface area contributed by atoms with Gasteiger partial charge in [-0.05, 0) is 62.2 Å². The maximum atomic E-state index is 12.2. The van der Waals surface area contributed by atoms with Crippen LogP contribution in [0.25, 0.3) is 0 Å². The molecule has 2 aromatic carbocycles. The smallest absolute Gasteiger partial charge is 0.250 e. The molecule has 1 N–H and O–H groups in total. The summed E-state index contributed by atoms with van der Waals surface area (Å²) < 4.78 is 11.7. The Balaban J connectivity index is 2.03. The maximum absolute atomic E-state index is 12.2. The molecule has 0 aromatic heterocycles. The van der Waals surface area contributed by atoms with Crippen LogP contribution in [0.3, 0.4) is 0 Å². The molecule has 0 atom stereocenters. The van der Waals surface area contributed by atoms with Crippen molar-refractivity contribution in [1.29, 1.82) is 0 Å². The lowest BCUT2D eigenvalue weighted by molar-refractivity contribution is -0.118. The summed E-state index contributed by atoms with van der Waals surface area (Å²) in [6.07, 6.45) is 0. The Morgan fingerprint density at radius 2 is 1.89 bits per heavy atom. The first-order chi connectivity index (χ1) is 12.8. The average Bonchev–Trinajstić information content (AvgIpc) is 2.67. The molecule has 0 aliphatic rings. The van der Waals surface area contributed by atoms with Gasteiger partial charge in [-0.1, -0.05) is 15.9 Å². The Kier molecular flexibility index (Phi) is 7.74. The molecule has 0 radical (unpaired) electrons. The molecule has 2 aromatic rings. The minimum Gasteiger partial charge on any atom is -0.497 e. The number of thioether (sulfide) groups is 1. The molecule has 27 heavy (non-hydrogen) atoms. The fourth-order valence-electron chi connectivity index (χ4n) is 2.39. The molecular weight excluding hydrogens is 428 g/mol. The quantitative estimate of drug-likeness (QED) is 0.376. The number of nitrogens with zero attached hydrogens (tertiary/aromatic N) is 1. The second-order valence-electron chi connectivity index (χ2n) is 5.95. The third kappa shape index (κ3) is 5.74. The van der Waals surface area contributed by atoms with Crippen LogP contribution in [0, 0.1) is 13.8 Å². The summed E-state index contributed by atoms with van der Waals surface area (Å²) in [5.41, 5.74) is 6.29. The van der Waals surface area contributed by atoms with E-state index >= 15 is 0 Å². The van der Waals surface area contributed by atoms with Gasteiger partial charge in [0.2, 0.25) is 5.91 Å². The monoisotopic (exact) mass is 450 g/mol. The summed E-state index contributed by atoms with van der Waals surface area (Å²) in [4.78, 5) is 13.3. The molecule has 0 heterocycles. The van der Waals surface area contributed by atoms with Gasteiger partial charge in [-0.3, -0.25) is 4.79 Å². The highest BCUT2D eigenvalue weighted by molar-refractivity contribution is 9.10. The number of aryl methyl sites for hydroxylation is 2. The maximum Gasteiger partial charge on any atom is 0.250 e. The second kappa shape index (κ2) is 9.80. The highest BCUT2D eigenvalue weighted by Crippen LogP contribution is 2.28. The van der Waals surface area contributed by atoms with Gasteiger partial charge in [0.15, 0.2) is 0 Å². The summed E-state index contributed by atoms with van der Waals surface area (Å²) in [6, 6.07) is 9.59. The van der Waals surface area contributed by atoms with Crippen LogP contribution >= 0.6 is 27.7 Å². The van der Waals surface area contributed by atoms with Crippen LogP contribution < -0.4 is 14.9 Å². The van der Waals surface area contributed by atoms with Crippen molar-refractivity contribution in [3.63, 3.8) is 0 Å². The molecule has 0 bridgehead atoms. The number of carbonyl (C=O) groups is 1. The SMILES string of the molecule is COc1ccc(OC)c(/C(C)=N/NC(=O)CSc2cc(C)c(Br)cc2C)c1. The number of methoxy groups -OCH3 is 2. The van der Waals surface area contributed by atoms with Crippen LogP contribution in [0.5, 0.6) is 11.5 Å². The summed E-state index contributed by atoms with van der Waals surface area (Å²) in [6.45, 7) is 5.87. The van der Waals surface area contributed by atoms with Gasteiger partial charge in [-0.15, -0.1) is 11.8 Å². The number of halogens is 1. The molecule has 7 heteroatoms. The Morgan fingerprint density at radius 1 is 1.15 bits per heavy atom. The van der Waals surface area contributed by atoms with Gasteiger partial charge in [0, 0.05) is 14.9 Å². The molecule has 0 aliphatic carbocycles. The molecule has 5 nitrogen and oxygen atoms in total. The van der Waals surface area contributed by atoms with E-state index in [0.717, 1.165) is 26.1 Å². The van der Waals surface area contributed by atoms with E-state index in [2.05, 4.69) is 38.6 Å². The van der Waals surface area contributed by atoms with Crippen molar-refractivity contribution in [3.8, 4) is 11.5 Å². The van der Waals surface area contributed by atoms with Crippen LogP contribution in [-0.2, 0) is 4.79 Å². The first-order valence-electron chi connectivity index (χ1n) is 8.30. The van der Waals surface area contributed by atoms with Crippen molar-refractivity contribution in [2.75, 3.05) is 20.0 Å². The minimum absolute atomic E-state index is 0.166. The summed E-state index contributed by atoms with van der Waals surface area (Å²) in [5, 5.41) is 4.21. The lowest BCUT2D eigenvalue weighted by atomic mass is 10.1. The molecule has 0 saturated heterocycles. The third-order valence-electron chi connectivity index (χ3n) is 3.96. The van der Waals surface area contributed by atoms with E-state index in [-0.39, 0.29) is 11.7 Å². The zero-order chi connectivity index (χ0) is 20.0. The van der Waals surface area contributed by atoms with Crippen molar-refractivity contribution >= 4 is 39.3 Å². The van der Waals surface area contributed by atoms with Gasteiger partial charge in [-0.25, -0.2) is 5.43 Å². The average molecular weight is 451 g/mol. The molecule has 0 unspecified atom stereocenters. The van der Waals surface area contributed by atoms with E-state index < -0.39 is 0 Å². The highest BCUT2D eigenvalue weighted by atomic mass is 79.9. The standard InChI is InChI=1S/C20H23BrN2O3S/c1-12-9-19(13(2)8-17(12)21)27-11-20(24)23-22-14(3)16-10-15(25-4)6-7-18(16)26-5/h6-10H,11H2,1-5H3,(H,23,24)/b22-14+. The van der Waals surface area contributed by atoms with Crippen molar-refractivity contribution < 1.29 is 14.3 Å². The van der Waals surface area contributed by atoms with E-state index in [1.54, 1.807) is 14.2 Å².